The van der Waals surface area contributed by atoms with Crippen LogP contribution in [-0.4, -0.2) is 36.9 Å². The lowest BCUT2D eigenvalue weighted by Crippen LogP contribution is -2.41. The van der Waals surface area contributed by atoms with Gasteiger partial charge in [-0.05, 0) is 36.5 Å². The van der Waals surface area contributed by atoms with E-state index < -0.39 is 0 Å². The van der Waals surface area contributed by atoms with Gasteiger partial charge in [0, 0.05) is 23.1 Å². The zero-order valence-corrected chi connectivity index (χ0v) is 16.0. The van der Waals surface area contributed by atoms with E-state index in [1.807, 2.05) is 30.5 Å². The summed E-state index contributed by atoms with van der Waals surface area (Å²) >= 11 is 0. The fourth-order valence-corrected chi connectivity index (χ4v) is 4.87. The number of primary amides is 1. The zero-order chi connectivity index (χ0) is 20.2. The summed E-state index contributed by atoms with van der Waals surface area (Å²) in [6, 6.07) is 7.86. The second-order valence-corrected chi connectivity index (χ2v) is 7.91. The van der Waals surface area contributed by atoms with Gasteiger partial charge in [-0.15, -0.1) is 0 Å². The third-order valence-electron chi connectivity index (χ3n) is 6.21. The van der Waals surface area contributed by atoms with E-state index in [1.165, 1.54) is 0 Å². The highest BCUT2D eigenvalue weighted by molar-refractivity contribution is 5.94. The summed E-state index contributed by atoms with van der Waals surface area (Å²) in [5.41, 5.74) is 8.89. The van der Waals surface area contributed by atoms with E-state index in [-0.39, 0.29) is 29.7 Å². The van der Waals surface area contributed by atoms with Crippen LogP contribution in [-0.2, 0) is 4.79 Å². The second kappa shape index (κ2) is 6.31. The molecule has 1 aromatic carbocycles. The molecule has 4 atom stereocenters. The number of hydrogen-bond donors (Lipinski definition) is 5. The summed E-state index contributed by atoms with van der Waals surface area (Å²) in [7, 11) is 0. The first-order valence-corrected chi connectivity index (χ1v) is 9.96. The van der Waals surface area contributed by atoms with Crippen LogP contribution < -0.4 is 16.4 Å². The average Bonchev–Trinajstić information content (AvgIpc) is 3.51. The van der Waals surface area contributed by atoms with Gasteiger partial charge in [-0.1, -0.05) is 18.2 Å². The maximum absolute atomic E-state index is 12.1. The van der Waals surface area contributed by atoms with Gasteiger partial charge in [0.25, 0.3) is 0 Å². The lowest BCUT2D eigenvalue weighted by atomic mass is 9.88. The van der Waals surface area contributed by atoms with Crippen LogP contribution in [0.3, 0.4) is 0 Å². The maximum Gasteiger partial charge on any atom is 0.231 e. The zero-order valence-electron chi connectivity index (χ0n) is 16.0. The maximum atomic E-state index is 12.1. The highest BCUT2D eigenvalue weighted by Gasteiger charge is 2.47. The highest BCUT2D eigenvalue weighted by atomic mass is 16.1. The molecule has 2 bridgehead atoms. The van der Waals surface area contributed by atoms with Gasteiger partial charge in [-0.2, -0.15) is 9.97 Å². The molecule has 9 heteroatoms. The molecule has 2 aliphatic carbocycles. The van der Waals surface area contributed by atoms with Crippen molar-refractivity contribution in [2.45, 2.75) is 12.5 Å². The predicted octanol–water partition coefficient (Wildman–Crippen LogP) is 2.67. The number of nitrogens with zero attached hydrogens (tertiary/aromatic N) is 3. The van der Waals surface area contributed by atoms with Gasteiger partial charge in [0.15, 0.2) is 11.5 Å². The van der Waals surface area contributed by atoms with Crippen LogP contribution in [0.25, 0.3) is 22.1 Å². The number of anilines is 3. The number of rotatable bonds is 5. The molecular weight excluding hydrogens is 380 g/mol. The quantitative estimate of drug-likeness (QED) is 0.327. The fourth-order valence-electron chi connectivity index (χ4n) is 4.87. The lowest BCUT2D eigenvalue weighted by molar-refractivity contribution is -0.122. The molecule has 1 fully saturated rings. The van der Waals surface area contributed by atoms with Crippen molar-refractivity contribution in [2.75, 3.05) is 10.6 Å². The number of carbonyl (C=O) groups excluding carboxylic acids is 1. The van der Waals surface area contributed by atoms with Crippen molar-refractivity contribution in [1.82, 2.24) is 24.9 Å². The number of aromatic nitrogens is 5. The first kappa shape index (κ1) is 17.0. The topological polar surface area (TPSA) is 137 Å². The van der Waals surface area contributed by atoms with Crippen molar-refractivity contribution in [3.63, 3.8) is 0 Å². The van der Waals surface area contributed by atoms with E-state index in [4.69, 9.17) is 10.7 Å². The Morgan fingerprint density at radius 3 is 2.93 bits per heavy atom. The number of aromatic amines is 2. The molecule has 6 rings (SSSR count). The first-order valence-electron chi connectivity index (χ1n) is 9.96. The highest BCUT2D eigenvalue weighted by Crippen LogP contribution is 2.45. The summed E-state index contributed by atoms with van der Waals surface area (Å²) in [5.74, 6) is 0.925. The Hall–Kier alpha value is -3.88. The number of nitrogens with one attached hydrogen (secondary N) is 4. The molecule has 4 unspecified atom stereocenters. The third-order valence-corrected chi connectivity index (χ3v) is 6.21. The van der Waals surface area contributed by atoms with Gasteiger partial charge in [0.2, 0.25) is 11.9 Å². The van der Waals surface area contributed by atoms with Gasteiger partial charge < -0.3 is 26.3 Å². The van der Waals surface area contributed by atoms with Crippen LogP contribution in [0.2, 0.25) is 0 Å². The molecule has 1 saturated carbocycles. The van der Waals surface area contributed by atoms with Crippen LogP contribution in [0.4, 0.5) is 17.5 Å². The summed E-state index contributed by atoms with van der Waals surface area (Å²) < 4.78 is 0. The Morgan fingerprint density at radius 1 is 1.13 bits per heavy atom. The Kier molecular flexibility index (Phi) is 3.58. The molecule has 30 heavy (non-hydrogen) atoms. The van der Waals surface area contributed by atoms with E-state index in [9.17, 15) is 4.79 Å². The minimum absolute atomic E-state index is 0.103. The number of amides is 1. The number of H-pyrrole nitrogens is 2. The summed E-state index contributed by atoms with van der Waals surface area (Å²) in [5, 5.41) is 7.82. The van der Waals surface area contributed by atoms with Crippen molar-refractivity contribution < 1.29 is 4.79 Å². The van der Waals surface area contributed by atoms with Crippen molar-refractivity contribution in [3.05, 3.63) is 48.9 Å². The van der Waals surface area contributed by atoms with E-state index in [0.717, 1.165) is 23.0 Å². The molecule has 0 aliphatic heterocycles. The summed E-state index contributed by atoms with van der Waals surface area (Å²) in [6.07, 6.45) is 8.69. The standard InChI is InChI=1S/C21H20N8O/c22-18(30)15-10-4-5-11(8-10)16(15)27-20-17-19(25-9-24-17)28-21(29-20)26-14-3-1-2-13-12(14)6-7-23-13/h1-7,9-11,15-16,23H,8H2,(H2,22,30)(H3,24,25,26,27,28,29). The Balaban J connectivity index is 1.38. The third kappa shape index (κ3) is 2.55. The molecule has 150 valence electrons. The van der Waals surface area contributed by atoms with E-state index in [0.29, 0.717) is 22.9 Å². The normalized spacial score (nSPS) is 24.7. The molecule has 0 spiro atoms. The van der Waals surface area contributed by atoms with Gasteiger partial charge >= 0.3 is 0 Å². The average molecular weight is 400 g/mol. The Labute approximate surface area is 171 Å². The van der Waals surface area contributed by atoms with Crippen LogP contribution in [0.5, 0.6) is 0 Å². The molecule has 3 heterocycles. The molecular formula is C21H20N8O. The Bertz CT molecular complexity index is 1300. The summed E-state index contributed by atoms with van der Waals surface area (Å²) in [6.45, 7) is 0. The molecule has 6 N–H and O–H groups in total. The van der Waals surface area contributed by atoms with E-state index in [2.05, 4.69) is 42.7 Å². The van der Waals surface area contributed by atoms with Gasteiger partial charge in [0.05, 0.1) is 17.9 Å². The number of fused-ring (bicyclic) bond motifs is 4. The number of hydrogen-bond acceptors (Lipinski definition) is 6. The Morgan fingerprint density at radius 2 is 2.03 bits per heavy atom. The van der Waals surface area contributed by atoms with Crippen molar-refractivity contribution >= 4 is 45.4 Å². The predicted molar refractivity (Wildman–Crippen MR) is 114 cm³/mol. The number of benzene rings is 1. The van der Waals surface area contributed by atoms with Crippen LogP contribution in [0.1, 0.15) is 6.42 Å². The molecule has 0 saturated heterocycles. The molecule has 2 aliphatic rings. The SMILES string of the molecule is NC(=O)C1C2C=CC(C2)C1Nc1nc(Nc2cccc3[nH]ccc23)nc2[nH]cnc12. The second-order valence-electron chi connectivity index (χ2n) is 7.91. The van der Waals surface area contributed by atoms with Crippen LogP contribution >= 0.6 is 0 Å². The van der Waals surface area contributed by atoms with Gasteiger partial charge in [-0.3, -0.25) is 4.79 Å². The molecule has 3 aromatic heterocycles. The largest absolute Gasteiger partial charge is 0.369 e. The first-order chi connectivity index (χ1) is 14.7. The number of carbonyl (C=O) groups is 1. The van der Waals surface area contributed by atoms with Crippen LogP contribution in [0.15, 0.2) is 48.9 Å². The molecule has 0 radical (unpaired) electrons. The number of imidazole rings is 1. The van der Waals surface area contributed by atoms with Crippen LogP contribution in [0, 0.1) is 17.8 Å². The minimum atomic E-state index is -0.283. The monoisotopic (exact) mass is 400 g/mol. The molecule has 1 amide bonds. The number of allylic oxidation sites excluding steroid dienone is 1. The van der Waals surface area contributed by atoms with Crippen molar-refractivity contribution in [3.8, 4) is 0 Å². The van der Waals surface area contributed by atoms with Crippen molar-refractivity contribution in [1.29, 1.82) is 0 Å². The fraction of sp³-hybridized carbons (Fsp3) is 0.238. The van der Waals surface area contributed by atoms with E-state index in [1.54, 1.807) is 6.33 Å². The van der Waals surface area contributed by atoms with Crippen molar-refractivity contribution in [2.24, 2.45) is 23.5 Å². The van der Waals surface area contributed by atoms with Gasteiger partial charge in [0.1, 0.15) is 5.52 Å². The molecule has 4 aromatic rings. The summed E-state index contributed by atoms with van der Waals surface area (Å²) in [4.78, 5) is 32.0. The van der Waals surface area contributed by atoms with Gasteiger partial charge in [-0.25, -0.2) is 4.98 Å². The van der Waals surface area contributed by atoms with E-state index >= 15 is 0 Å². The minimum Gasteiger partial charge on any atom is -0.369 e. The smallest absolute Gasteiger partial charge is 0.231 e. The lowest BCUT2D eigenvalue weighted by Gasteiger charge is -2.27. The number of nitrogens with two attached hydrogens (primary N) is 1. The molecule has 9 nitrogen and oxygen atoms in total.